The highest BCUT2D eigenvalue weighted by atomic mass is 16.5. The van der Waals surface area contributed by atoms with E-state index >= 15 is 0 Å². The Hall–Kier alpha value is -1.85. The minimum Gasteiger partial charge on any atom is -0.463 e. The Bertz CT molecular complexity index is 497. The molecule has 0 fully saturated rings. The molecule has 1 aromatic rings. The number of nitrogens with one attached hydrogen (secondary N) is 1. The van der Waals surface area contributed by atoms with Gasteiger partial charge in [0.25, 0.3) is 0 Å². The third-order valence-corrected chi connectivity index (χ3v) is 2.98. The van der Waals surface area contributed by atoms with Crippen LogP contribution in [-0.2, 0) is 9.53 Å². The number of anilines is 1. The summed E-state index contributed by atoms with van der Waals surface area (Å²) in [4.78, 5) is 11.3. The van der Waals surface area contributed by atoms with Crippen molar-refractivity contribution in [3.05, 3.63) is 29.3 Å². The first kappa shape index (κ1) is 12.6. The molecule has 0 aliphatic carbocycles. The Morgan fingerprint density at radius 3 is 3.06 bits per heavy atom. The van der Waals surface area contributed by atoms with Crippen LogP contribution < -0.4 is 16.0 Å². The molecule has 2 rings (SSSR count). The largest absolute Gasteiger partial charge is 0.463 e. The molecule has 96 valence electrons. The van der Waals surface area contributed by atoms with Gasteiger partial charge in [-0.05, 0) is 31.6 Å². The van der Waals surface area contributed by atoms with Crippen LogP contribution in [0.3, 0.4) is 0 Å². The summed E-state index contributed by atoms with van der Waals surface area (Å²) in [5, 5.41) is 1.96. The maximum Gasteiger partial charge on any atom is 0.330 e. The van der Waals surface area contributed by atoms with Gasteiger partial charge in [0.1, 0.15) is 5.69 Å². The summed E-state index contributed by atoms with van der Waals surface area (Å²) in [5.74, 6) is -0.309. The van der Waals surface area contributed by atoms with Gasteiger partial charge in [0.2, 0.25) is 0 Å². The summed E-state index contributed by atoms with van der Waals surface area (Å²) in [7, 11) is 1.97. The second-order valence-electron chi connectivity index (χ2n) is 4.13. The van der Waals surface area contributed by atoms with Gasteiger partial charge >= 0.3 is 5.97 Å². The van der Waals surface area contributed by atoms with Gasteiger partial charge in [-0.1, -0.05) is 11.6 Å². The van der Waals surface area contributed by atoms with E-state index in [1.165, 1.54) is 6.08 Å². The van der Waals surface area contributed by atoms with Crippen molar-refractivity contribution in [2.24, 2.45) is 0 Å². The van der Waals surface area contributed by atoms with Crippen molar-refractivity contribution in [3.8, 4) is 0 Å². The number of esters is 1. The zero-order valence-corrected chi connectivity index (χ0v) is 10.9. The van der Waals surface area contributed by atoms with Crippen LogP contribution in [-0.4, -0.2) is 19.6 Å². The van der Waals surface area contributed by atoms with Crippen molar-refractivity contribution >= 4 is 23.4 Å². The van der Waals surface area contributed by atoms with E-state index in [0.717, 1.165) is 22.5 Å². The van der Waals surface area contributed by atoms with Gasteiger partial charge in [-0.15, -0.1) is 0 Å². The average molecular weight is 248 g/mol. The lowest BCUT2D eigenvalue weighted by molar-refractivity contribution is -0.625. The van der Waals surface area contributed by atoms with Gasteiger partial charge < -0.3 is 4.74 Å². The van der Waals surface area contributed by atoms with Crippen molar-refractivity contribution in [3.63, 3.8) is 0 Å². The van der Waals surface area contributed by atoms with Gasteiger partial charge in [-0.3, -0.25) is 5.01 Å². The van der Waals surface area contributed by atoms with Gasteiger partial charge in [-0.2, -0.15) is 0 Å². The minimum absolute atomic E-state index is 0.309. The van der Waals surface area contributed by atoms with E-state index in [1.54, 1.807) is 13.0 Å². The fourth-order valence-corrected chi connectivity index (χ4v) is 1.97. The number of rotatable bonds is 3. The molecule has 3 N–H and O–H groups in total. The summed E-state index contributed by atoms with van der Waals surface area (Å²) < 4.78 is 4.86. The van der Waals surface area contributed by atoms with Crippen LogP contribution >= 0.6 is 0 Å². The molecule has 0 saturated carbocycles. The Labute approximate surface area is 106 Å². The molecule has 0 aromatic heterocycles. The van der Waals surface area contributed by atoms with Gasteiger partial charge in [0.15, 0.2) is 5.69 Å². The predicted octanol–water partition coefficient (Wildman–Crippen LogP) is 0.636. The van der Waals surface area contributed by atoms with Crippen molar-refractivity contribution < 1.29 is 15.0 Å². The van der Waals surface area contributed by atoms with Crippen LogP contribution in [0.5, 0.6) is 0 Å². The minimum atomic E-state index is -0.309. The fraction of sp³-hybridized carbons (Fsp3) is 0.308. The summed E-state index contributed by atoms with van der Waals surface area (Å²) in [6, 6.07) is 4.03. The van der Waals surface area contributed by atoms with Crippen LogP contribution in [0.2, 0.25) is 0 Å². The van der Waals surface area contributed by atoms with E-state index in [0.29, 0.717) is 6.61 Å². The summed E-state index contributed by atoms with van der Waals surface area (Å²) in [6.45, 7) is 4.23. The van der Waals surface area contributed by atoms with Crippen molar-refractivity contribution in [2.45, 2.75) is 13.8 Å². The first-order valence-corrected chi connectivity index (χ1v) is 5.95. The number of hydrazine groups is 1. The third-order valence-electron chi connectivity index (χ3n) is 2.98. The molecule has 0 radical (unpaired) electrons. The van der Waals surface area contributed by atoms with E-state index in [4.69, 9.17) is 4.74 Å². The van der Waals surface area contributed by atoms with E-state index in [9.17, 15) is 4.79 Å². The number of hydrogen-bond acceptors (Lipinski definition) is 4. The molecule has 0 spiro atoms. The second-order valence-corrected chi connectivity index (χ2v) is 4.13. The van der Waals surface area contributed by atoms with Crippen LogP contribution in [0, 0.1) is 6.92 Å². The molecular weight excluding hydrogens is 230 g/mol. The Balaban J connectivity index is 2.23. The molecule has 0 saturated heterocycles. The quantitative estimate of drug-likeness (QED) is 0.357. The molecule has 0 bridgehead atoms. The van der Waals surface area contributed by atoms with Gasteiger partial charge in [-0.25, -0.2) is 10.2 Å². The number of hydrogen-bond donors (Lipinski definition) is 2. The molecule has 1 aliphatic heterocycles. The molecule has 1 aromatic carbocycles. The maximum atomic E-state index is 11.3. The molecule has 0 atom stereocenters. The molecule has 18 heavy (non-hydrogen) atoms. The highest BCUT2D eigenvalue weighted by Gasteiger charge is 2.22. The fourth-order valence-electron chi connectivity index (χ4n) is 1.97. The number of nitrogens with two attached hydrogens (primary N) is 1. The normalized spacial score (nSPS) is 14.1. The van der Waals surface area contributed by atoms with Crippen molar-refractivity contribution in [2.75, 3.05) is 18.7 Å². The van der Waals surface area contributed by atoms with Gasteiger partial charge in [0, 0.05) is 18.7 Å². The number of quaternary nitrogens is 1. The monoisotopic (exact) mass is 248 g/mol. The van der Waals surface area contributed by atoms with E-state index < -0.39 is 0 Å². The van der Waals surface area contributed by atoms with Crippen LogP contribution in [0.25, 0.3) is 6.08 Å². The average Bonchev–Trinajstić information content (AvgIpc) is 2.72. The smallest absolute Gasteiger partial charge is 0.330 e. The Kier molecular flexibility index (Phi) is 3.64. The summed E-state index contributed by atoms with van der Waals surface area (Å²) in [5.41, 5.74) is 9.56. The predicted molar refractivity (Wildman–Crippen MR) is 70.0 cm³/mol. The standard InChI is InChI=1S/C13H17N3O2/c1-4-18-12(17)8-6-10-5-7-11-13(9(10)2)14-15-16(11)3/h5-8,14-15H,4H2,1-3H3/p+1. The summed E-state index contributed by atoms with van der Waals surface area (Å²) >= 11 is 0. The van der Waals surface area contributed by atoms with Crippen LogP contribution in [0.1, 0.15) is 18.1 Å². The molecule has 0 unspecified atom stereocenters. The Morgan fingerprint density at radius 2 is 2.33 bits per heavy atom. The second kappa shape index (κ2) is 5.20. The van der Waals surface area contributed by atoms with Crippen LogP contribution in [0.15, 0.2) is 18.2 Å². The number of carbonyl (C=O) groups excluding carboxylic acids is 1. The highest BCUT2D eigenvalue weighted by molar-refractivity contribution is 5.88. The molecule has 0 amide bonds. The topological polar surface area (TPSA) is 58.2 Å². The van der Waals surface area contributed by atoms with E-state index in [-0.39, 0.29) is 5.97 Å². The SMILES string of the molecule is CCOC(=O)C=Cc1ccc2c(c1C)[NH2+]NN2C. The molecule has 1 heterocycles. The molecular formula is C13H18N3O2+. The van der Waals surface area contributed by atoms with Gasteiger partial charge in [0.05, 0.1) is 6.61 Å². The zero-order valence-electron chi connectivity index (χ0n) is 10.9. The van der Waals surface area contributed by atoms with E-state index in [2.05, 4.69) is 5.53 Å². The van der Waals surface area contributed by atoms with E-state index in [1.807, 2.05) is 36.5 Å². The first-order valence-electron chi connectivity index (χ1n) is 5.95. The van der Waals surface area contributed by atoms with Crippen molar-refractivity contribution in [1.29, 1.82) is 0 Å². The number of carbonyl (C=O) groups is 1. The molecule has 5 heteroatoms. The highest BCUT2D eigenvalue weighted by Crippen LogP contribution is 2.28. The molecule has 5 nitrogen and oxygen atoms in total. The number of fused-ring (bicyclic) bond motifs is 1. The zero-order chi connectivity index (χ0) is 13.1. The third kappa shape index (κ3) is 2.37. The lowest BCUT2D eigenvalue weighted by Gasteiger charge is -2.07. The number of benzene rings is 1. The first-order chi connectivity index (χ1) is 8.63. The summed E-state index contributed by atoms with van der Waals surface area (Å²) in [6.07, 6.45) is 3.25. The lowest BCUT2D eigenvalue weighted by atomic mass is 10.0. The van der Waals surface area contributed by atoms with Crippen LogP contribution in [0.4, 0.5) is 11.4 Å². The maximum absolute atomic E-state index is 11.3. The number of nitrogens with zero attached hydrogens (tertiary/aromatic N) is 1. The Morgan fingerprint density at radius 1 is 1.56 bits per heavy atom. The lowest BCUT2D eigenvalue weighted by Crippen LogP contribution is -2.87. The van der Waals surface area contributed by atoms with Crippen molar-refractivity contribution in [1.82, 2.24) is 5.53 Å². The number of ether oxygens (including phenoxy) is 1. The molecule has 1 aliphatic rings.